The number of thiophene rings is 1. The average Bonchev–Trinajstić information content (AvgIpc) is 3.50. The summed E-state index contributed by atoms with van der Waals surface area (Å²) >= 11 is 1.32. The third kappa shape index (κ3) is 5.84. The predicted molar refractivity (Wildman–Crippen MR) is 129 cm³/mol. The number of hydrogen-bond donors (Lipinski definition) is 2. The topological polar surface area (TPSA) is 97.0 Å². The van der Waals surface area contributed by atoms with Gasteiger partial charge in [-0.15, -0.1) is 11.3 Å². The zero-order valence-corrected chi connectivity index (χ0v) is 19.7. The fraction of sp³-hybridized carbons (Fsp3) is 0.240. The van der Waals surface area contributed by atoms with Gasteiger partial charge < -0.3 is 20.1 Å². The van der Waals surface area contributed by atoms with Gasteiger partial charge in [0.1, 0.15) is 5.82 Å². The molecule has 0 unspecified atom stereocenters. The molecule has 182 valence electrons. The second-order valence-electron chi connectivity index (χ2n) is 7.84. The van der Waals surface area contributed by atoms with Gasteiger partial charge in [-0.1, -0.05) is 30.3 Å². The first-order chi connectivity index (χ1) is 17.0. The third-order valence-electron chi connectivity index (χ3n) is 5.44. The molecule has 35 heavy (non-hydrogen) atoms. The zero-order chi connectivity index (χ0) is 24.8. The van der Waals surface area contributed by atoms with E-state index in [0.29, 0.717) is 28.3 Å². The van der Waals surface area contributed by atoms with Crippen molar-refractivity contribution in [3.05, 3.63) is 87.9 Å². The summed E-state index contributed by atoms with van der Waals surface area (Å²) in [6, 6.07) is 15.1. The molecule has 0 spiro atoms. The molecule has 1 saturated heterocycles. The molecule has 0 aliphatic carbocycles. The molecule has 1 fully saturated rings. The maximum absolute atomic E-state index is 13.3. The van der Waals surface area contributed by atoms with Crippen LogP contribution in [-0.4, -0.2) is 49.1 Å². The Morgan fingerprint density at radius 1 is 1.14 bits per heavy atom. The van der Waals surface area contributed by atoms with Crippen LogP contribution in [-0.2, 0) is 20.8 Å². The zero-order valence-electron chi connectivity index (χ0n) is 18.9. The summed E-state index contributed by atoms with van der Waals surface area (Å²) < 4.78 is 24.0. The summed E-state index contributed by atoms with van der Waals surface area (Å²) in [6.07, 6.45) is -1.58. The second kappa shape index (κ2) is 11.1. The molecule has 3 aromatic rings. The number of amides is 3. The van der Waals surface area contributed by atoms with E-state index >= 15 is 0 Å². The Hall–Kier alpha value is -3.76. The van der Waals surface area contributed by atoms with Gasteiger partial charge in [-0.3, -0.25) is 14.5 Å². The van der Waals surface area contributed by atoms with Crippen LogP contribution in [0.3, 0.4) is 0 Å². The molecule has 0 bridgehead atoms. The highest BCUT2D eigenvalue weighted by atomic mass is 32.1. The fourth-order valence-corrected chi connectivity index (χ4v) is 4.39. The lowest BCUT2D eigenvalue weighted by atomic mass is 10.00. The lowest BCUT2D eigenvalue weighted by Gasteiger charge is -2.24. The van der Waals surface area contributed by atoms with E-state index in [1.165, 1.54) is 35.5 Å². The van der Waals surface area contributed by atoms with Crippen LogP contribution in [0.4, 0.5) is 14.9 Å². The quantitative estimate of drug-likeness (QED) is 0.436. The third-order valence-corrected chi connectivity index (χ3v) is 6.31. The van der Waals surface area contributed by atoms with Crippen molar-refractivity contribution in [3.8, 4) is 0 Å². The molecule has 8 nitrogen and oxygen atoms in total. The maximum atomic E-state index is 13.3. The van der Waals surface area contributed by atoms with Crippen molar-refractivity contribution < 1.29 is 28.2 Å². The summed E-state index contributed by atoms with van der Waals surface area (Å²) in [4.78, 5) is 40.3. The minimum atomic E-state index is -0.979. The number of ether oxygens (including phenoxy) is 2. The van der Waals surface area contributed by atoms with Crippen LogP contribution < -0.4 is 10.6 Å². The molecule has 1 aliphatic heterocycles. The van der Waals surface area contributed by atoms with Gasteiger partial charge in [-0.05, 0) is 46.8 Å². The van der Waals surface area contributed by atoms with Gasteiger partial charge in [-0.2, -0.15) is 0 Å². The fourth-order valence-electron chi connectivity index (χ4n) is 3.77. The summed E-state index contributed by atoms with van der Waals surface area (Å²) in [5.74, 6) is -1.06. The van der Waals surface area contributed by atoms with Crippen LogP contribution in [0.15, 0.2) is 66.0 Å². The molecule has 1 aliphatic rings. The van der Waals surface area contributed by atoms with Gasteiger partial charge in [0.25, 0.3) is 5.91 Å². The van der Waals surface area contributed by atoms with Gasteiger partial charge in [-0.25, -0.2) is 9.18 Å². The first-order valence-electron chi connectivity index (χ1n) is 10.9. The van der Waals surface area contributed by atoms with Crippen LogP contribution in [0.25, 0.3) is 0 Å². The number of anilines is 1. The van der Waals surface area contributed by atoms with Gasteiger partial charge in [0.2, 0.25) is 5.91 Å². The van der Waals surface area contributed by atoms with Crippen molar-refractivity contribution in [2.75, 3.05) is 25.6 Å². The first-order valence-corrected chi connectivity index (χ1v) is 11.8. The molecule has 4 rings (SSSR count). The summed E-state index contributed by atoms with van der Waals surface area (Å²) in [6.45, 7) is 0.626. The van der Waals surface area contributed by atoms with Gasteiger partial charge in [0.05, 0.1) is 18.0 Å². The molecule has 0 saturated carbocycles. The Labute approximate surface area is 205 Å². The molecule has 1 aromatic heterocycles. The Kier molecular flexibility index (Phi) is 7.74. The maximum Gasteiger partial charge on any atom is 0.411 e. The van der Waals surface area contributed by atoms with E-state index in [-0.39, 0.29) is 19.0 Å². The van der Waals surface area contributed by atoms with Crippen LogP contribution in [0.2, 0.25) is 0 Å². The molecule has 2 N–H and O–H groups in total. The van der Waals surface area contributed by atoms with Crippen molar-refractivity contribution in [1.29, 1.82) is 0 Å². The smallest absolute Gasteiger partial charge is 0.411 e. The Morgan fingerprint density at radius 2 is 1.94 bits per heavy atom. The predicted octanol–water partition coefficient (Wildman–Crippen LogP) is 3.96. The summed E-state index contributed by atoms with van der Waals surface area (Å²) in [5.41, 5.74) is 1.71. The van der Waals surface area contributed by atoms with Crippen molar-refractivity contribution in [3.63, 3.8) is 0 Å². The monoisotopic (exact) mass is 497 g/mol. The number of carbonyl (C=O) groups excluding carboxylic acids is 3. The Balaban J connectivity index is 1.59. The minimum Gasteiger partial charge on any atom is -0.438 e. The average molecular weight is 498 g/mol. The van der Waals surface area contributed by atoms with Crippen molar-refractivity contribution in [2.24, 2.45) is 0 Å². The number of hydrogen-bond acceptors (Lipinski definition) is 6. The standard InChI is InChI=1S/C25H24FN3O5S/c1-33-12-11-27-24(31)21-22(34-25(32)29(21)15-16-7-9-18(26)10-8-16)17-4-2-5-19(14-17)28-23(30)20-6-3-13-35-20/h2-10,13-14,21-22H,11-12,15H2,1H3,(H,27,31)(H,28,30)/t21-,22-/m0/s1. The van der Waals surface area contributed by atoms with E-state index in [4.69, 9.17) is 9.47 Å². The molecule has 2 aromatic carbocycles. The normalized spacial score (nSPS) is 17.2. The lowest BCUT2D eigenvalue weighted by molar-refractivity contribution is -0.126. The lowest BCUT2D eigenvalue weighted by Crippen LogP contribution is -2.47. The molecule has 3 amide bonds. The number of methoxy groups -OCH3 is 1. The van der Waals surface area contributed by atoms with E-state index in [0.717, 1.165) is 0 Å². The molecule has 2 atom stereocenters. The van der Waals surface area contributed by atoms with E-state index < -0.39 is 30.0 Å². The Morgan fingerprint density at radius 3 is 2.66 bits per heavy atom. The van der Waals surface area contributed by atoms with Crippen LogP contribution in [0.1, 0.15) is 26.9 Å². The number of cyclic esters (lactones) is 1. The summed E-state index contributed by atoms with van der Waals surface area (Å²) in [5, 5.41) is 7.41. The van der Waals surface area contributed by atoms with Crippen molar-refractivity contribution >= 4 is 34.9 Å². The van der Waals surface area contributed by atoms with E-state index in [9.17, 15) is 18.8 Å². The molecular weight excluding hydrogens is 473 g/mol. The summed E-state index contributed by atoms with van der Waals surface area (Å²) in [7, 11) is 1.52. The first kappa shape index (κ1) is 24.4. The molecular formula is C25H24FN3O5S. The SMILES string of the molecule is COCCNC(=O)[C@@H]1[C@H](c2cccc(NC(=O)c3cccs3)c2)OC(=O)N1Cc1ccc(F)cc1. The minimum absolute atomic E-state index is 0.0623. The number of carbonyl (C=O) groups is 3. The van der Waals surface area contributed by atoms with Crippen LogP contribution in [0.5, 0.6) is 0 Å². The largest absolute Gasteiger partial charge is 0.438 e. The van der Waals surface area contributed by atoms with Crippen LogP contribution >= 0.6 is 11.3 Å². The number of benzene rings is 2. The van der Waals surface area contributed by atoms with E-state index in [1.807, 2.05) is 5.38 Å². The van der Waals surface area contributed by atoms with Gasteiger partial charge >= 0.3 is 6.09 Å². The Bertz CT molecular complexity index is 1190. The van der Waals surface area contributed by atoms with Crippen LogP contribution in [0, 0.1) is 5.82 Å². The molecule has 2 heterocycles. The van der Waals surface area contributed by atoms with Gasteiger partial charge in [0.15, 0.2) is 12.1 Å². The molecule has 10 heteroatoms. The number of nitrogens with zero attached hydrogens (tertiary/aromatic N) is 1. The van der Waals surface area contributed by atoms with Crippen molar-refractivity contribution in [1.82, 2.24) is 10.2 Å². The highest BCUT2D eigenvalue weighted by Crippen LogP contribution is 2.35. The number of nitrogens with one attached hydrogen (secondary N) is 2. The van der Waals surface area contributed by atoms with Crippen molar-refractivity contribution in [2.45, 2.75) is 18.7 Å². The highest BCUT2D eigenvalue weighted by molar-refractivity contribution is 7.12. The van der Waals surface area contributed by atoms with E-state index in [2.05, 4.69) is 10.6 Å². The second-order valence-corrected chi connectivity index (χ2v) is 8.79. The molecule has 0 radical (unpaired) electrons. The van der Waals surface area contributed by atoms with E-state index in [1.54, 1.807) is 48.5 Å². The number of rotatable bonds is 9. The highest BCUT2D eigenvalue weighted by Gasteiger charge is 2.47. The number of halogens is 1. The van der Waals surface area contributed by atoms with Gasteiger partial charge in [0, 0.05) is 19.3 Å².